The molecular formula is C21H18N4O. The summed E-state index contributed by atoms with van der Waals surface area (Å²) in [4.78, 5) is 20.1. The van der Waals surface area contributed by atoms with Crippen molar-refractivity contribution in [1.29, 1.82) is 0 Å². The summed E-state index contributed by atoms with van der Waals surface area (Å²) in [6, 6.07) is 20.9. The summed E-state index contributed by atoms with van der Waals surface area (Å²) in [5.74, 6) is 0. The van der Waals surface area contributed by atoms with Crippen LogP contribution < -0.4 is 10.6 Å². The first-order chi connectivity index (χ1) is 12.7. The number of para-hydroxylation sites is 1. The van der Waals surface area contributed by atoms with Gasteiger partial charge in [0.1, 0.15) is 0 Å². The van der Waals surface area contributed by atoms with Crippen LogP contribution in [0.4, 0.5) is 16.2 Å². The molecule has 5 heteroatoms. The number of carbonyl (C=O) groups is 1. The van der Waals surface area contributed by atoms with Crippen molar-refractivity contribution in [3.63, 3.8) is 0 Å². The normalized spacial score (nSPS) is 10.7. The van der Waals surface area contributed by atoms with E-state index in [2.05, 4.69) is 26.7 Å². The lowest BCUT2D eigenvalue weighted by Gasteiger charge is -2.09. The molecule has 4 aromatic rings. The van der Waals surface area contributed by atoms with Gasteiger partial charge < -0.3 is 15.6 Å². The minimum atomic E-state index is -0.280. The number of nitrogens with zero attached hydrogens (tertiary/aromatic N) is 1. The number of hydrogen-bond acceptors (Lipinski definition) is 2. The smallest absolute Gasteiger partial charge is 0.323 e. The Balaban J connectivity index is 1.66. The van der Waals surface area contributed by atoms with Crippen molar-refractivity contribution in [2.45, 2.75) is 6.92 Å². The fourth-order valence-electron chi connectivity index (χ4n) is 2.96. The van der Waals surface area contributed by atoms with E-state index in [9.17, 15) is 4.79 Å². The Morgan fingerprint density at radius 1 is 0.962 bits per heavy atom. The van der Waals surface area contributed by atoms with E-state index in [0.717, 1.165) is 39.2 Å². The van der Waals surface area contributed by atoms with Crippen molar-refractivity contribution in [2.24, 2.45) is 0 Å². The Morgan fingerprint density at radius 2 is 1.77 bits per heavy atom. The zero-order valence-electron chi connectivity index (χ0n) is 14.3. The molecule has 26 heavy (non-hydrogen) atoms. The molecule has 0 aliphatic heterocycles. The van der Waals surface area contributed by atoms with E-state index in [0.29, 0.717) is 0 Å². The van der Waals surface area contributed by atoms with Crippen LogP contribution in [0.1, 0.15) is 5.56 Å². The Hall–Kier alpha value is -3.60. The Bertz CT molecular complexity index is 1060. The molecule has 2 amide bonds. The first kappa shape index (κ1) is 15.9. The van der Waals surface area contributed by atoms with Crippen LogP contribution in [0.15, 0.2) is 72.9 Å². The monoisotopic (exact) mass is 342 g/mol. The molecule has 3 N–H and O–H groups in total. The topological polar surface area (TPSA) is 69.8 Å². The predicted octanol–water partition coefficient (Wildman–Crippen LogP) is 5.18. The SMILES string of the molecule is Cc1cc(NC(=O)Nc2ccccc2)c2[nH]c(-c3ccccn3)cc2c1. The lowest BCUT2D eigenvalue weighted by atomic mass is 10.1. The number of nitrogens with one attached hydrogen (secondary N) is 3. The van der Waals surface area contributed by atoms with Crippen molar-refractivity contribution in [2.75, 3.05) is 10.6 Å². The Kier molecular flexibility index (Phi) is 4.11. The summed E-state index contributed by atoms with van der Waals surface area (Å²) >= 11 is 0. The third kappa shape index (κ3) is 3.28. The first-order valence-corrected chi connectivity index (χ1v) is 8.37. The van der Waals surface area contributed by atoms with Crippen LogP contribution in [0.5, 0.6) is 0 Å². The lowest BCUT2D eigenvalue weighted by Crippen LogP contribution is -2.19. The minimum Gasteiger partial charge on any atom is -0.352 e. The largest absolute Gasteiger partial charge is 0.352 e. The van der Waals surface area contributed by atoms with Crippen LogP contribution in [-0.4, -0.2) is 16.0 Å². The maximum Gasteiger partial charge on any atom is 0.323 e. The fraction of sp³-hybridized carbons (Fsp3) is 0.0476. The average Bonchev–Trinajstić information content (AvgIpc) is 3.07. The molecule has 5 nitrogen and oxygen atoms in total. The van der Waals surface area contributed by atoms with Crippen LogP contribution in [0, 0.1) is 6.92 Å². The van der Waals surface area contributed by atoms with E-state index in [1.807, 2.05) is 67.6 Å². The van der Waals surface area contributed by atoms with Gasteiger partial charge in [0.15, 0.2) is 0 Å². The van der Waals surface area contributed by atoms with E-state index in [-0.39, 0.29) is 6.03 Å². The van der Waals surface area contributed by atoms with Gasteiger partial charge in [-0.2, -0.15) is 0 Å². The number of aromatic amines is 1. The van der Waals surface area contributed by atoms with Gasteiger partial charge in [0.25, 0.3) is 0 Å². The standard InChI is InChI=1S/C21H18N4O/c1-14-11-15-13-18(17-9-5-6-10-22-17)24-20(15)19(12-14)25-21(26)23-16-7-3-2-4-8-16/h2-13,24H,1H3,(H2,23,25,26). The van der Waals surface area contributed by atoms with Crippen molar-refractivity contribution in [3.8, 4) is 11.4 Å². The van der Waals surface area contributed by atoms with Gasteiger partial charge in [-0.1, -0.05) is 24.3 Å². The molecule has 0 radical (unpaired) electrons. The van der Waals surface area contributed by atoms with E-state index in [1.54, 1.807) is 6.20 Å². The highest BCUT2D eigenvalue weighted by atomic mass is 16.2. The van der Waals surface area contributed by atoms with Gasteiger partial charge in [-0.15, -0.1) is 0 Å². The highest BCUT2D eigenvalue weighted by Gasteiger charge is 2.11. The van der Waals surface area contributed by atoms with Gasteiger partial charge in [-0.25, -0.2) is 4.79 Å². The second kappa shape index (κ2) is 6.72. The number of aryl methyl sites for hydroxylation is 1. The zero-order valence-corrected chi connectivity index (χ0v) is 14.3. The highest BCUT2D eigenvalue weighted by molar-refractivity contribution is 6.06. The van der Waals surface area contributed by atoms with Crippen molar-refractivity contribution < 1.29 is 4.79 Å². The molecule has 4 rings (SSSR count). The summed E-state index contributed by atoms with van der Waals surface area (Å²) in [7, 11) is 0. The highest BCUT2D eigenvalue weighted by Crippen LogP contribution is 2.29. The molecule has 2 aromatic heterocycles. The first-order valence-electron chi connectivity index (χ1n) is 8.37. The van der Waals surface area contributed by atoms with Gasteiger partial charge in [0, 0.05) is 17.3 Å². The number of amides is 2. The maximum atomic E-state index is 12.4. The van der Waals surface area contributed by atoms with E-state index in [4.69, 9.17) is 0 Å². The molecule has 0 unspecified atom stereocenters. The summed E-state index contributed by atoms with van der Waals surface area (Å²) < 4.78 is 0. The number of hydrogen-bond donors (Lipinski definition) is 3. The van der Waals surface area contributed by atoms with Gasteiger partial charge in [-0.3, -0.25) is 4.98 Å². The van der Waals surface area contributed by atoms with Crippen molar-refractivity contribution in [3.05, 3.63) is 78.5 Å². The lowest BCUT2D eigenvalue weighted by molar-refractivity contribution is 0.262. The second-order valence-corrected chi connectivity index (χ2v) is 6.12. The van der Waals surface area contributed by atoms with Gasteiger partial charge in [0.05, 0.1) is 22.6 Å². The number of pyridine rings is 1. The Labute approximate surface area is 151 Å². The molecule has 0 aliphatic carbocycles. The van der Waals surface area contributed by atoms with Gasteiger partial charge in [-0.05, 0) is 55.0 Å². The van der Waals surface area contributed by atoms with E-state index >= 15 is 0 Å². The molecule has 0 aliphatic rings. The fourth-order valence-corrected chi connectivity index (χ4v) is 2.96. The van der Waals surface area contributed by atoms with Gasteiger partial charge in [0.2, 0.25) is 0 Å². The molecule has 0 fully saturated rings. The summed E-state index contributed by atoms with van der Waals surface area (Å²) in [6.45, 7) is 2.01. The maximum absolute atomic E-state index is 12.4. The van der Waals surface area contributed by atoms with Gasteiger partial charge >= 0.3 is 6.03 Å². The van der Waals surface area contributed by atoms with Crippen molar-refractivity contribution >= 4 is 28.3 Å². The van der Waals surface area contributed by atoms with Crippen LogP contribution >= 0.6 is 0 Å². The zero-order chi connectivity index (χ0) is 17.9. The molecule has 0 spiro atoms. The number of carbonyl (C=O) groups excluding carboxylic acids is 1. The molecule has 0 saturated heterocycles. The second-order valence-electron chi connectivity index (χ2n) is 6.12. The summed E-state index contributed by atoms with van der Waals surface area (Å²) in [5.41, 5.74) is 5.20. The number of urea groups is 1. The third-order valence-electron chi connectivity index (χ3n) is 4.09. The molecule has 0 atom stereocenters. The molecule has 2 aromatic carbocycles. The number of fused-ring (bicyclic) bond motifs is 1. The molecule has 2 heterocycles. The van der Waals surface area contributed by atoms with E-state index in [1.165, 1.54) is 0 Å². The molecule has 0 saturated carbocycles. The van der Waals surface area contributed by atoms with Crippen LogP contribution in [0.2, 0.25) is 0 Å². The number of benzene rings is 2. The molecular weight excluding hydrogens is 324 g/mol. The van der Waals surface area contributed by atoms with Crippen LogP contribution in [0.3, 0.4) is 0 Å². The molecule has 0 bridgehead atoms. The quantitative estimate of drug-likeness (QED) is 0.480. The number of anilines is 2. The number of rotatable bonds is 3. The minimum absolute atomic E-state index is 0.280. The summed E-state index contributed by atoms with van der Waals surface area (Å²) in [5, 5.41) is 6.80. The van der Waals surface area contributed by atoms with E-state index < -0.39 is 0 Å². The number of aromatic nitrogens is 2. The van der Waals surface area contributed by atoms with Crippen LogP contribution in [-0.2, 0) is 0 Å². The predicted molar refractivity (Wildman–Crippen MR) is 105 cm³/mol. The molecule has 128 valence electrons. The number of H-pyrrole nitrogens is 1. The average molecular weight is 342 g/mol. The Morgan fingerprint density at radius 3 is 2.54 bits per heavy atom. The van der Waals surface area contributed by atoms with Crippen molar-refractivity contribution in [1.82, 2.24) is 9.97 Å². The summed E-state index contributed by atoms with van der Waals surface area (Å²) in [6.07, 6.45) is 1.76. The van der Waals surface area contributed by atoms with Crippen LogP contribution in [0.25, 0.3) is 22.3 Å². The third-order valence-corrected chi connectivity index (χ3v) is 4.09.